The Morgan fingerprint density at radius 1 is 1.26 bits per heavy atom. The number of para-hydroxylation sites is 1. The van der Waals surface area contributed by atoms with Crippen LogP contribution in [-0.2, 0) is 0 Å². The molecule has 0 spiro atoms. The van der Waals surface area contributed by atoms with E-state index in [1.54, 1.807) is 3.96 Å². The van der Waals surface area contributed by atoms with Crippen molar-refractivity contribution in [2.45, 2.75) is 12.5 Å². The van der Waals surface area contributed by atoms with Crippen LogP contribution in [0.5, 0.6) is 0 Å². The molecule has 1 heterocycles. The summed E-state index contributed by atoms with van der Waals surface area (Å²) >= 11 is 1.43. The number of aromatic nitrogens is 1. The molecule has 2 aromatic rings. The van der Waals surface area contributed by atoms with Crippen LogP contribution >= 0.6 is 11.5 Å². The summed E-state index contributed by atoms with van der Waals surface area (Å²) in [4.78, 5) is 12.4. The van der Waals surface area contributed by atoms with Crippen molar-refractivity contribution < 1.29 is 0 Å². The molecular formula is C15H14N2OS. The van der Waals surface area contributed by atoms with Gasteiger partial charge in [0, 0.05) is 0 Å². The first-order valence-corrected chi connectivity index (χ1v) is 6.83. The lowest BCUT2D eigenvalue weighted by molar-refractivity contribution is 0.779. The molecular weight excluding hydrogens is 256 g/mol. The first kappa shape index (κ1) is 12.1. The van der Waals surface area contributed by atoms with Crippen molar-refractivity contribution in [1.82, 2.24) is 3.96 Å². The second-order valence-corrected chi connectivity index (χ2v) is 5.83. The van der Waals surface area contributed by atoms with Gasteiger partial charge in [-0.15, -0.1) is 0 Å². The fourth-order valence-corrected chi connectivity index (χ4v) is 3.24. The second kappa shape index (κ2) is 4.33. The Bertz CT molecular complexity index is 810. The Balaban J connectivity index is 2.33. The molecule has 0 aliphatic heterocycles. The number of nitrogens with two attached hydrogens (primary N) is 1. The van der Waals surface area contributed by atoms with Gasteiger partial charge in [0.15, 0.2) is 0 Å². The van der Waals surface area contributed by atoms with Crippen LogP contribution in [0.4, 0.5) is 0 Å². The van der Waals surface area contributed by atoms with Crippen LogP contribution in [0.15, 0.2) is 47.3 Å². The van der Waals surface area contributed by atoms with Crippen LogP contribution in [0.1, 0.15) is 6.92 Å². The minimum Gasteiger partial charge on any atom is -0.319 e. The average Bonchev–Trinajstić information content (AvgIpc) is 2.59. The first-order valence-electron chi connectivity index (χ1n) is 6.06. The molecule has 1 atom stereocenters. The van der Waals surface area contributed by atoms with Crippen LogP contribution in [0.2, 0.25) is 0 Å². The van der Waals surface area contributed by atoms with Gasteiger partial charge in [0.2, 0.25) is 0 Å². The van der Waals surface area contributed by atoms with E-state index in [2.05, 4.69) is 0 Å². The maximum absolute atomic E-state index is 12.4. The molecule has 0 saturated carbocycles. The fraction of sp³-hybridized carbons (Fsp3) is 0.133. The summed E-state index contributed by atoms with van der Waals surface area (Å²) < 4.78 is 2.62. The van der Waals surface area contributed by atoms with E-state index in [4.69, 9.17) is 5.73 Å². The zero-order valence-electron chi connectivity index (χ0n) is 10.5. The van der Waals surface area contributed by atoms with Crippen LogP contribution in [0, 0.1) is 0 Å². The molecule has 3 rings (SSSR count). The van der Waals surface area contributed by atoms with Crippen molar-refractivity contribution in [1.29, 1.82) is 0 Å². The number of nitrogens with zero attached hydrogens (tertiary/aromatic N) is 1. The second-order valence-electron chi connectivity index (χ2n) is 4.84. The highest BCUT2D eigenvalue weighted by atomic mass is 32.1. The van der Waals surface area contributed by atoms with Gasteiger partial charge >= 0.3 is 0 Å². The van der Waals surface area contributed by atoms with Gasteiger partial charge in [-0.2, -0.15) is 0 Å². The Morgan fingerprint density at radius 3 is 2.74 bits per heavy atom. The zero-order valence-corrected chi connectivity index (χ0v) is 11.4. The lowest BCUT2D eigenvalue weighted by Gasteiger charge is -2.12. The van der Waals surface area contributed by atoms with Gasteiger partial charge in [-0.25, -0.2) is 3.96 Å². The van der Waals surface area contributed by atoms with Gasteiger partial charge in [-0.1, -0.05) is 41.9 Å². The van der Waals surface area contributed by atoms with E-state index in [9.17, 15) is 4.79 Å². The van der Waals surface area contributed by atoms with Crippen molar-refractivity contribution in [3.8, 4) is 5.69 Å². The van der Waals surface area contributed by atoms with Gasteiger partial charge in [-0.05, 0) is 31.2 Å². The number of rotatable bonds is 1. The fourth-order valence-electron chi connectivity index (χ4n) is 2.08. The summed E-state index contributed by atoms with van der Waals surface area (Å²) in [5.74, 6) is 0. The summed E-state index contributed by atoms with van der Waals surface area (Å²) in [6.07, 6.45) is 7.52. The molecule has 1 aliphatic carbocycles. The molecule has 19 heavy (non-hydrogen) atoms. The lowest BCUT2D eigenvalue weighted by Crippen LogP contribution is -2.37. The third kappa shape index (κ3) is 2.20. The third-order valence-electron chi connectivity index (χ3n) is 3.02. The van der Waals surface area contributed by atoms with Crippen molar-refractivity contribution in [2.75, 3.05) is 0 Å². The predicted molar refractivity (Wildman–Crippen MR) is 79.8 cm³/mol. The van der Waals surface area contributed by atoms with Crippen molar-refractivity contribution in [3.05, 3.63) is 62.6 Å². The van der Waals surface area contributed by atoms with Gasteiger partial charge in [0.05, 0.1) is 21.0 Å². The minimum atomic E-state index is -0.520. The SMILES string of the molecule is CC1(N)C=CC=c2c(sn(-c3ccccc3)c2=O)=C1. The summed E-state index contributed by atoms with van der Waals surface area (Å²) in [7, 11) is 0. The molecule has 0 radical (unpaired) electrons. The summed E-state index contributed by atoms with van der Waals surface area (Å²) in [6, 6.07) is 9.63. The molecule has 0 saturated heterocycles. The number of allylic oxidation sites excluding steroid dienone is 1. The molecule has 3 nitrogen and oxygen atoms in total. The van der Waals surface area contributed by atoms with E-state index < -0.39 is 5.54 Å². The normalized spacial score (nSPS) is 21.2. The lowest BCUT2D eigenvalue weighted by atomic mass is 10.0. The first-order chi connectivity index (χ1) is 9.07. The van der Waals surface area contributed by atoms with Crippen molar-refractivity contribution >= 4 is 23.7 Å². The zero-order chi connectivity index (χ0) is 13.5. The standard InChI is InChI=1S/C15H14N2OS/c1-15(16)9-5-8-12-13(10-15)19-17(14(12)18)11-6-3-2-4-7-11/h2-10H,16H2,1H3. The Morgan fingerprint density at radius 2 is 2.00 bits per heavy atom. The molecule has 0 amide bonds. The number of benzene rings is 1. The molecule has 2 N–H and O–H groups in total. The Hall–Kier alpha value is -1.91. The summed E-state index contributed by atoms with van der Waals surface area (Å²) in [5.41, 5.74) is 6.49. The maximum atomic E-state index is 12.4. The smallest absolute Gasteiger partial charge is 0.273 e. The van der Waals surface area contributed by atoms with E-state index in [1.165, 1.54) is 11.5 Å². The van der Waals surface area contributed by atoms with E-state index in [0.717, 1.165) is 10.2 Å². The van der Waals surface area contributed by atoms with Crippen molar-refractivity contribution in [2.24, 2.45) is 5.73 Å². The van der Waals surface area contributed by atoms with Gasteiger partial charge in [-0.3, -0.25) is 4.79 Å². The van der Waals surface area contributed by atoms with E-state index in [-0.39, 0.29) is 5.56 Å². The Kier molecular flexibility index (Phi) is 2.77. The molecule has 0 bridgehead atoms. The monoisotopic (exact) mass is 270 g/mol. The highest BCUT2D eigenvalue weighted by Crippen LogP contribution is 2.08. The molecule has 1 aromatic carbocycles. The molecule has 1 aromatic heterocycles. The number of hydrogen-bond donors (Lipinski definition) is 1. The molecule has 1 aliphatic rings. The highest BCUT2D eigenvalue weighted by Gasteiger charge is 2.14. The van der Waals surface area contributed by atoms with E-state index in [0.29, 0.717) is 5.22 Å². The van der Waals surface area contributed by atoms with Crippen LogP contribution < -0.4 is 21.0 Å². The maximum Gasteiger partial charge on any atom is 0.273 e. The van der Waals surface area contributed by atoms with E-state index in [1.807, 2.05) is 61.6 Å². The Labute approximate surface area is 114 Å². The number of fused-ring (bicyclic) bond motifs is 1. The minimum absolute atomic E-state index is 0.00444. The van der Waals surface area contributed by atoms with Crippen LogP contribution in [0.3, 0.4) is 0 Å². The van der Waals surface area contributed by atoms with E-state index >= 15 is 0 Å². The average molecular weight is 270 g/mol. The molecule has 96 valence electrons. The third-order valence-corrected chi connectivity index (χ3v) is 4.11. The molecule has 0 fully saturated rings. The summed E-state index contributed by atoms with van der Waals surface area (Å²) in [5, 5.41) is 0.708. The predicted octanol–water partition coefficient (Wildman–Crippen LogP) is 0.747. The largest absolute Gasteiger partial charge is 0.319 e. The van der Waals surface area contributed by atoms with Crippen molar-refractivity contribution in [3.63, 3.8) is 0 Å². The van der Waals surface area contributed by atoms with Crippen LogP contribution in [0.25, 0.3) is 17.8 Å². The molecule has 1 unspecified atom stereocenters. The topological polar surface area (TPSA) is 48.0 Å². The highest BCUT2D eigenvalue weighted by molar-refractivity contribution is 7.04. The van der Waals surface area contributed by atoms with Crippen LogP contribution in [-0.4, -0.2) is 9.50 Å². The number of hydrogen-bond acceptors (Lipinski definition) is 3. The van der Waals surface area contributed by atoms with Gasteiger partial charge in [0.1, 0.15) is 0 Å². The van der Waals surface area contributed by atoms with Gasteiger partial charge < -0.3 is 5.73 Å². The summed E-state index contributed by atoms with van der Waals surface area (Å²) in [6.45, 7) is 1.92. The quantitative estimate of drug-likeness (QED) is 0.831. The molecule has 4 heteroatoms. The van der Waals surface area contributed by atoms with Gasteiger partial charge in [0.25, 0.3) is 5.56 Å².